The highest BCUT2D eigenvalue weighted by atomic mass is 19.4. The predicted octanol–water partition coefficient (Wildman–Crippen LogP) is 0.331. The van der Waals surface area contributed by atoms with Crippen LogP contribution in [0.15, 0.2) is 24.3 Å². The fourth-order valence-corrected chi connectivity index (χ4v) is 2.01. The predicted molar refractivity (Wildman–Crippen MR) is 90.9 cm³/mol. The van der Waals surface area contributed by atoms with E-state index in [1.54, 1.807) is 24.3 Å². The Hall–Kier alpha value is -3.31. The molecule has 0 atom stereocenters. The lowest BCUT2D eigenvalue weighted by Crippen LogP contribution is -2.52. The SMILES string of the molecule is N=C(N)c1ccc(OCCCN2CCNC(=O)C2=O)cc1.O=C(O)C(F)(F)F. The Bertz CT molecular complexity index is 722. The second-order valence-electron chi connectivity index (χ2n) is 5.49. The molecule has 0 spiro atoms. The van der Waals surface area contributed by atoms with Gasteiger partial charge in [0.25, 0.3) is 0 Å². The highest BCUT2D eigenvalue weighted by Crippen LogP contribution is 2.13. The quantitative estimate of drug-likeness (QED) is 0.233. The summed E-state index contributed by atoms with van der Waals surface area (Å²) in [4.78, 5) is 33.1. The first kappa shape index (κ1) is 22.7. The van der Waals surface area contributed by atoms with Crippen LogP contribution in [0.2, 0.25) is 0 Å². The first-order chi connectivity index (χ1) is 13.0. The molecule has 1 aromatic rings. The van der Waals surface area contributed by atoms with Gasteiger partial charge in [0.1, 0.15) is 11.6 Å². The van der Waals surface area contributed by atoms with E-state index in [4.69, 9.17) is 25.8 Å². The van der Waals surface area contributed by atoms with E-state index in [2.05, 4.69) is 5.32 Å². The first-order valence-electron chi connectivity index (χ1n) is 7.97. The lowest BCUT2D eigenvalue weighted by Gasteiger charge is -2.26. The number of carbonyl (C=O) groups excluding carboxylic acids is 2. The van der Waals surface area contributed by atoms with E-state index in [9.17, 15) is 22.8 Å². The van der Waals surface area contributed by atoms with Crippen LogP contribution >= 0.6 is 0 Å². The summed E-state index contributed by atoms with van der Waals surface area (Å²) >= 11 is 0. The molecule has 1 aliphatic rings. The van der Waals surface area contributed by atoms with Gasteiger partial charge < -0.3 is 25.8 Å². The number of nitrogens with two attached hydrogens (primary N) is 1. The van der Waals surface area contributed by atoms with Gasteiger partial charge in [0.2, 0.25) is 0 Å². The Morgan fingerprint density at radius 1 is 1.29 bits per heavy atom. The Balaban J connectivity index is 0.000000480. The molecule has 0 aliphatic carbocycles. The summed E-state index contributed by atoms with van der Waals surface area (Å²) in [6.07, 6.45) is -4.44. The van der Waals surface area contributed by atoms with Crippen LogP contribution in [0, 0.1) is 5.41 Å². The number of carbonyl (C=O) groups is 3. The minimum atomic E-state index is -5.08. The molecule has 1 fully saturated rings. The van der Waals surface area contributed by atoms with Crippen LogP contribution in [0.4, 0.5) is 13.2 Å². The van der Waals surface area contributed by atoms with Gasteiger partial charge in [-0.15, -0.1) is 0 Å². The van der Waals surface area contributed by atoms with Gasteiger partial charge in [-0.3, -0.25) is 15.0 Å². The van der Waals surface area contributed by atoms with Crippen molar-refractivity contribution < 1.29 is 37.4 Å². The second kappa shape index (κ2) is 10.1. The maximum atomic E-state index is 11.5. The molecule has 1 aliphatic heterocycles. The number of rotatable bonds is 6. The molecular weight excluding hydrogens is 385 g/mol. The molecule has 2 rings (SSSR count). The third-order valence-electron chi connectivity index (χ3n) is 3.40. The van der Waals surface area contributed by atoms with E-state index in [0.717, 1.165) is 0 Å². The summed E-state index contributed by atoms with van der Waals surface area (Å²) in [5.41, 5.74) is 6.01. The van der Waals surface area contributed by atoms with Crippen LogP contribution in [-0.2, 0) is 14.4 Å². The van der Waals surface area contributed by atoms with Gasteiger partial charge in [-0.25, -0.2) is 4.79 Å². The number of amides is 2. The molecule has 0 bridgehead atoms. The Morgan fingerprint density at radius 2 is 1.86 bits per heavy atom. The summed E-state index contributed by atoms with van der Waals surface area (Å²) in [5, 5.41) is 16.9. The van der Waals surface area contributed by atoms with Gasteiger partial charge in [0.15, 0.2) is 0 Å². The molecule has 1 saturated heterocycles. The lowest BCUT2D eigenvalue weighted by atomic mass is 10.2. The number of carboxylic acids is 1. The van der Waals surface area contributed by atoms with Crippen molar-refractivity contribution in [3.8, 4) is 5.75 Å². The molecule has 154 valence electrons. The highest BCUT2D eigenvalue weighted by Gasteiger charge is 2.38. The van der Waals surface area contributed by atoms with Crippen molar-refractivity contribution in [1.82, 2.24) is 10.2 Å². The lowest BCUT2D eigenvalue weighted by molar-refractivity contribution is -0.192. The molecule has 12 heteroatoms. The topological polar surface area (TPSA) is 146 Å². The number of ether oxygens (including phenoxy) is 1. The normalized spacial score (nSPS) is 13.9. The van der Waals surface area contributed by atoms with Crippen molar-refractivity contribution in [3.63, 3.8) is 0 Å². The number of alkyl halides is 3. The number of hydrogen-bond acceptors (Lipinski definition) is 5. The van der Waals surface area contributed by atoms with Crippen LogP contribution in [0.1, 0.15) is 12.0 Å². The number of carboxylic acid groups (broad SMARTS) is 1. The zero-order valence-electron chi connectivity index (χ0n) is 14.6. The number of amidine groups is 1. The zero-order chi connectivity index (χ0) is 21.3. The largest absolute Gasteiger partial charge is 0.494 e. The summed E-state index contributed by atoms with van der Waals surface area (Å²) < 4.78 is 37.3. The summed E-state index contributed by atoms with van der Waals surface area (Å²) in [6.45, 7) is 1.98. The number of aliphatic carboxylic acids is 1. The van der Waals surface area contributed by atoms with Crippen molar-refractivity contribution in [3.05, 3.63) is 29.8 Å². The van der Waals surface area contributed by atoms with Crippen LogP contribution in [0.25, 0.3) is 0 Å². The number of hydrogen-bond donors (Lipinski definition) is 4. The third kappa shape index (κ3) is 7.51. The maximum absolute atomic E-state index is 11.5. The second-order valence-corrected chi connectivity index (χ2v) is 5.49. The minimum Gasteiger partial charge on any atom is -0.494 e. The van der Waals surface area contributed by atoms with Crippen molar-refractivity contribution in [1.29, 1.82) is 5.41 Å². The van der Waals surface area contributed by atoms with Crippen LogP contribution in [-0.4, -0.2) is 66.0 Å². The molecule has 0 radical (unpaired) electrons. The Labute approximate surface area is 157 Å². The fourth-order valence-electron chi connectivity index (χ4n) is 2.01. The number of benzene rings is 1. The van der Waals surface area contributed by atoms with Crippen molar-refractivity contribution in [2.24, 2.45) is 5.73 Å². The molecule has 1 heterocycles. The minimum absolute atomic E-state index is 0.0171. The van der Waals surface area contributed by atoms with E-state index in [-0.39, 0.29) is 5.84 Å². The smallest absolute Gasteiger partial charge is 0.490 e. The summed E-state index contributed by atoms with van der Waals surface area (Å²) in [7, 11) is 0. The van der Waals surface area contributed by atoms with Gasteiger partial charge in [-0.05, 0) is 30.7 Å². The summed E-state index contributed by atoms with van der Waals surface area (Å²) in [6, 6.07) is 6.93. The molecule has 2 amide bonds. The molecule has 0 saturated carbocycles. The number of nitrogen functional groups attached to an aromatic ring is 1. The number of nitrogens with one attached hydrogen (secondary N) is 2. The fraction of sp³-hybridized carbons (Fsp3) is 0.375. The van der Waals surface area contributed by atoms with Crippen LogP contribution in [0.5, 0.6) is 5.75 Å². The van der Waals surface area contributed by atoms with Gasteiger partial charge >= 0.3 is 24.0 Å². The molecule has 9 nitrogen and oxygen atoms in total. The van der Waals surface area contributed by atoms with E-state index < -0.39 is 24.0 Å². The third-order valence-corrected chi connectivity index (χ3v) is 3.40. The van der Waals surface area contributed by atoms with Crippen molar-refractivity contribution in [2.75, 3.05) is 26.2 Å². The zero-order valence-corrected chi connectivity index (χ0v) is 14.6. The molecule has 0 aromatic heterocycles. The monoisotopic (exact) mass is 404 g/mol. The Kier molecular flexibility index (Phi) is 8.23. The van der Waals surface area contributed by atoms with E-state index in [1.165, 1.54) is 4.90 Å². The molecular formula is C16H19F3N4O5. The highest BCUT2D eigenvalue weighted by molar-refractivity contribution is 6.35. The average Bonchev–Trinajstić information content (AvgIpc) is 2.62. The van der Waals surface area contributed by atoms with E-state index >= 15 is 0 Å². The maximum Gasteiger partial charge on any atom is 0.490 e. The standard InChI is InChI=1S/C14H18N4O3.C2HF3O2/c15-12(16)10-2-4-11(5-3-10)21-9-1-7-18-8-6-17-13(19)14(18)20;3-2(4,5)1(6)7/h2-5H,1,6-9H2,(H3,15,16)(H,17,19);(H,6,7). The molecule has 28 heavy (non-hydrogen) atoms. The number of nitrogens with zero attached hydrogens (tertiary/aromatic N) is 1. The van der Waals surface area contributed by atoms with Gasteiger partial charge in [0, 0.05) is 25.2 Å². The number of piperazine rings is 1. The van der Waals surface area contributed by atoms with E-state index in [1.807, 2.05) is 0 Å². The van der Waals surface area contributed by atoms with Crippen molar-refractivity contribution in [2.45, 2.75) is 12.6 Å². The Morgan fingerprint density at radius 3 is 2.36 bits per heavy atom. The average molecular weight is 404 g/mol. The van der Waals surface area contributed by atoms with Crippen molar-refractivity contribution >= 4 is 23.6 Å². The molecule has 5 N–H and O–H groups in total. The van der Waals surface area contributed by atoms with Gasteiger partial charge in [-0.1, -0.05) is 0 Å². The molecule has 0 unspecified atom stereocenters. The van der Waals surface area contributed by atoms with Gasteiger partial charge in [0.05, 0.1) is 6.61 Å². The van der Waals surface area contributed by atoms with E-state index in [0.29, 0.717) is 44.0 Å². The first-order valence-corrected chi connectivity index (χ1v) is 7.97. The van der Waals surface area contributed by atoms with Crippen LogP contribution in [0.3, 0.4) is 0 Å². The number of halogens is 3. The van der Waals surface area contributed by atoms with Gasteiger partial charge in [-0.2, -0.15) is 13.2 Å². The molecule has 1 aromatic carbocycles. The summed E-state index contributed by atoms with van der Waals surface area (Å²) in [5.74, 6) is -3.08. The van der Waals surface area contributed by atoms with Crippen LogP contribution < -0.4 is 15.8 Å².